The number of hydrogen-bond acceptors (Lipinski definition) is 3. The molecule has 19 heavy (non-hydrogen) atoms. The van der Waals surface area contributed by atoms with Crippen LogP contribution in [0.5, 0.6) is 5.88 Å². The molecule has 4 nitrogen and oxygen atoms in total. The first kappa shape index (κ1) is 14.1. The predicted octanol–water partition coefficient (Wildman–Crippen LogP) is 3.20. The number of aromatic nitrogens is 1. The Balaban J connectivity index is 2.04. The molecule has 0 radical (unpaired) electrons. The minimum Gasteiger partial charge on any atom is -0.481 e. The second-order valence-corrected chi connectivity index (χ2v) is 5.27. The van der Waals surface area contributed by atoms with Crippen LogP contribution in [0.25, 0.3) is 0 Å². The van der Waals surface area contributed by atoms with E-state index in [1.54, 1.807) is 12.1 Å². The Kier molecular flexibility index (Phi) is 5.02. The van der Waals surface area contributed by atoms with Gasteiger partial charge in [0.15, 0.2) is 0 Å². The molecule has 0 aliphatic heterocycles. The number of nitrogens with zero attached hydrogens (tertiary/aromatic N) is 1. The summed E-state index contributed by atoms with van der Waals surface area (Å²) in [6, 6.07) is 3.45. The molecular weight excluding hydrogens is 264 g/mol. The number of amides is 1. The van der Waals surface area contributed by atoms with E-state index in [0.717, 1.165) is 12.8 Å². The van der Waals surface area contributed by atoms with Crippen LogP contribution in [-0.4, -0.2) is 24.0 Å². The van der Waals surface area contributed by atoms with Crippen molar-refractivity contribution in [2.24, 2.45) is 0 Å². The van der Waals surface area contributed by atoms with E-state index in [-0.39, 0.29) is 17.1 Å². The first-order chi connectivity index (χ1) is 9.19. The van der Waals surface area contributed by atoms with Crippen molar-refractivity contribution in [1.29, 1.82) is 0 Å². The molecular formula is C14H19ClN2O2. The summed E-state index contributed by atoms with van der Waals surface area (Å²) in [7, 11) is 1.51. The Morgan fingerprint density at radius 3 is 2.63 bits per heavy atom. The Labute approximate surface area is 118 Å². The molecule has 1 heterocycles. The van der Waals surface area contributed by atoms with E-state index in [4.69, 9.17) is 16.3 Å². The second-order valence-electron chi connectivity index (χ2n) is 4.88. The lowest BCUT2D eigenvalue weighted by Gasteiger charge is -2.16. The lowest BCUT2D eigenvalue weighted by molar-refractivity contribution is 0.0933. The van der Waals surface area contributed by atoms with Gasteiger partial charge in [-0.2, -0.15) is 0 Å². The Hall–Kier alpha value is -1.29. The van der Waals surface area contributed by atoms with E-state index >= 15 is 0 Å². The molecule has 0 spiro atoms. The first-order valence-electron chi connectivity index (χ1n) is 6.71. The third-order valence-corrected chi connectivity index (χ3v) is 3.63. The zero-order valence-corrected chi connectivity index (χ0v) is 11.9. The Morgan fingerprint density at radius 1 is 1.32 bits per heavy atom. The lowest BCUT2D eigenvalue weighted by atomic mass is 10.1. The molecule has 1 aliphatic rings. The van der Waals surface area contributed by atoms with Crippen molar-refractivity contribution in [2.45, 2.75) is 44.6 Å². The number of pyridine rings is 1. The van der Waals surface area contributed by atoms with Crippen LogP contribution in [0.4, 0.5) is 0 Å². The van der Waals surface area contributed by atoms with Crippen LogP contribution in [0.15, 0.2) is 12.1 Å². The number of nitrogens with one attached hydrogen (secondary N) is 1. The molecule has 104 valence electrons. The van der Waals surface area contributed by atoms with Gasteiger partial charge in [-0.3, -0.25) is 4.79 Å². The quantitative estimate of drug-likeness (QED) is 0.684. The van der Waals surface area contributed by atoms with Crippen LogP contribution in [0.2, 0.25) is 5.15 Å². The van der Waals surface area contributed by atoms with Gasteiger partial charge in [0.2, 0.25) is 5.88 Å². The number of methoxy groups -OCH3 is 1. The summed E-state index contributed by atoms with van der Waals surface area (Å²) in [6.07, 6.45) is 7.02. The van der Waals surface area contributed by atoms with Crippen molar-refractivity contribution in [3.05, 3.63) is 22.8 Å². The Bertz CT molecular complexity index is 443. The van der Waals surface area contributed by atoms with Crippen molar-refractivity contribution in [3.63, 3.8) is 0 Å². The zero-order chi connectivity index (χ0) is 13.7. The topological polar surface area (TPSA) is 51.2 Å². The normalized spacial score (nSPS) is 16.7. The highest BCUT2D eigenvalue weighted by Crippen LogP contribution is 2.19. The number of rotatable bonds is 3. The van der Waals surface area contributed by atoms with E-state index in [9.17, 15) is 4.79 Å². The average Bonchev–Trinajstić information content (AvgIpc) is 2.66. The highest BCUT2D eigenvalue weighted by atomic mass is 35.5. The minimum absolute atomic E-state index is 0.102. The summed E-state index contributed by atoms with van der Waals surface area (Å²) in [5.41, 5.74) is 0.501. The summed E-state index contributed by atoms with van der Waals surface area (Å²) in [5.74, 6) is 0.257. The molecule has 1 amide bonds. The molecule has 0 aromatic carbocycles. The van der Waals surface area contributed by atoms with Gasteiger partial charge in [-0.15, -0.1) is 0 Å². The summed E-state index contributed by atoms with van der Waals surface area (Å²) < 4.78 is 5.02. The largest absolute Gasteiger partial charge is 0.481 e. The first-order valence-corrected chi connectivity index (χ1v) is 7.09. The fourth-order valence-corrected chi connectivity index (χ4v) is 2.60. The molecule has 5 heteroatoms. The molecule has 1 N–H and O–H groups in total. The van der Waals surface area contributed by atoms with Gasteiger partial charge in [0, 0.05) is 17.7 Å². The van der Waals surface area contributed by atoms with Crippen LogP contribution in [-0.2, 0) is 0 Å². The van der Waals surface area contributed by atoms with E-state index < -0.39 is 0 Å². The molecule has 0 bridgehead atoms. The highest BCUT2D eigenvalue weighted by molar-refractivity contribution is 6.29. The maximum Gasteiger partial charge on any atom is 0.251 e. The monoisotopic (exact) mass is 282 g/mol. The molecule has 1 fully saturated rings. The fourth-order valence-electron chi connectivity index (χ4n) is 2.40. The van der Waals surface area contributed by atoms with Gasteiger partial charge in [0.25, 0.3) is 5.91 Å². The minimum atomic E-state index is -0.102. The maximum atomic E-state index is 12.2. The number of ether oxygens (including phenoxy) is 1. The molecule has 1 aromatic rings. The zero-order valence-electron chi connectivity index (χ0n) is 11.1. The third-order valence-electron chi connectivity index (χ3n) is 3.43. The van der Waals surface area contributed by atoms with E-state index in [1.165, 1.54) is 32.8 Å². The average molecular weight is 283 g/mol. The number of halogens is 1. The summed E-state index contributed by atoms with van der Waals surface area (Å²) in [5, 5.41) is 3.34. The van der Waals surface area contributed by atoms with Crippen LogP contribution < -0.4 is 10.1 Å². The molecule has 2 rings (SSSR count). The standard InChI is InChI=1S/C14H19ClN2O2/c1-19-13-9-10(8-12(15)17-13)14(18)16-11-6-4-2-3-5-7-11/h8-9,11H,2-7H2,1H3,(H,16,18). The van der Waals surface area contributed by atoms with E-state index in [0.29, 0.717) is 11.4 Å². The van der Waals surface area contributed by atoms with Gasteiger partial charge in [-0.1, -0.05) is 37.3 Å². The van der Waals surface area contributed by atoms with Crippen molar-refractivity contribution in [1.82, 2.24) is 10.3 Å². The van der Waals surface area contributed by atoms with Crippen LogP contribution in [0.3, 0.4) is 0 Å². The number of hydrogen-bond donors (Lipinski definition) is 1. The molecule has 1 aromatic heterocycles. The molecule has 0 unspecified atom stereocenters. The van der Waals surface area contributed by atoms with Gasteiger partial charge in [-0.05, 0) is 18.9 Å². The third kappa shape index (κ3) is 4.10. The SMILES string of the molecule is COc1cc(C(=O)NC2CCCCCC2)cc(Cl)n1. The van der Waals surface area contributed by atoms with Gasteiger partial charge < -0.3 is 10.1 Å². The van der Waals surface area contributed by atoms with Crippen molar-refractivity contribution < 1.29 is 9.53 Å². The van der Waals surface area contributed by atoms with E-state index in [2.05, 4.69) is 10.3 Å². The van der Waals surface area contributed by atoms with Crippen molar-refractivity contribution >= 4 is 17.5 Å². The highest BCUT2D eigenvalue weighted by Gasteiger charge is 2.16. The van der Waals surface area contributed by atoms with Crippen LogP contribution in [0, 0.1) is 0 Å². The second kappa shape index (κ2) is 6.75. The number of carbonyl (C=O) groups is 1. The molecule has 1 saturated carbocycles. The van der Waals surface area contributed by atoms with E-state index in [1.807, 2.05) is 0 Å². The maximum absolute atomic E-state index is 12.2. The van der Waals surface area contributed by atoms with Gasteiger partial charge in [0.05, 0.1) is 7.11 Å². The molecule has 1 aliphatic carbocycles. The van der Waals surface area contributed by atoms with Crippen molar-refractivity contribution in [2.75, 3.05) is 7.11 Å². The van der Waals surface area contributed by atoms with Crippen molar-refractivity contribution in [3.8, 4) is 5.88 Å². The van der Waals surface area contributed by atoms with Crippen LogP contribution >= 0.6 is 11.6 Å². The number of carbonyl (C=O) groups excluding carboxylic acids is 1. The summed E-state index contributed by atoms with van der Waals surface area (Å²) in [6.45, 7) is 0. The van der Waals surface area contributed by atoms with Gasteiger partial charge in [-0.25, -0.2) is 4.98 Å². The smallest absolute Gasteiger partial charge is 0.251 e. The van der Waals surface area contributed by atoms with Gasteiger partial charge >= 0.3 is 0 Å². The summed E-state index contributed by atoms with van der Waals surface area (Å²) in [4.78, 5) is 16.2. The van der Waals surface area contributed by atoms with Gasteiger partial charge in [0.1, 0.15) is 5.15 Å². The predicted molar refractivity (Wildman–Crippen MR) is 74.8 cm³/mol. The summed E-state index contributed by atoms with van der Waals surface area (Å²) >= 11 is 5.87. The molecule has 0 saturated heterocycles. The van der Waals surface area contributed by atoms with Crippen LogP contribution in [0.1, 0.15) is 48.9 Å². The fraction of sp³-hybridized carbons (Fsp3) is 0.571. The lowest BCUT2D eigenvalue weighted by Crippen LogP contribution is -2.34. The molecule has 0 atom stereocenters. The Morgan fingerprint density at radius 2 is 2.00 bits per heavy atom.